The van der Waals surface area contributed by atoms with E-state index in [0.717, 1.165) is 32.1 Å². The largest absolute Gasteiger partial charge is 0.403 e. The van der Waals surface area contributed by atoms with Crippen molar-refractivity contribution in [2.45, 2.75) is 0 Å². The zero-order valence-corrected chi connectivity index (χ0v) is 7.76. The standard InChI is InChI=1S/C9H11N4O/c10-12-8-1-2-9(11-7-8)13-3-5-14-6-4-13/h1-2,7H,3-6H2/q+1. The minimum absolute atomic E-state index is 0.474. The van der Waals surface area contributed by atoms with E-state index < -0.39 is 0 Å². The third kappa shape index (κ3) is 1.80. The Labute approximate surface area is 81.9 Å². The summed E-state index contributed by atoms with van der Waals surface area (Å²) in [6, 6.07) is 3.58. The Morgan fingerprint density at radius 1 is 1.36 bits per heavy atom. The minimum atomic E-state index is 0.474. The van der Waals surface area contributed by atoms with Crippen LogP contribution in [0.4, 0.5) is 11.5 Å². The van der Waals surface area contributed by atoms with Crippen LogP contribution in [0.5, 0.6) is 0 Å². The van der Waals surface area contributed by atoms with Gasteiger partial charge in [0.05, 0.1) is 13.2 Å². The normalized spacial score (nSPS) is 16.4. The van der Waals surface area contributed by atoms with E-state index in [1.54, 1.807) is 12.3 Å². The maximum atomic E-state index is 8.49. The lowest BCUT2D eigenvalue weighted by molar-refractivity contribution is 0.122. The maximum Gasteiger partial charge on any atom is 0.403 e. The second kappa shape index (κ2) is 4.03. The molecule has 5 nitrogen and oxygen atoms in total. The summed E-state index contributed by atoms with van der Waals surface area (Å²) in [6.07, 6.45) is 1.55. The number of nitrogens with zero attached hydrogens (tertiary/aromatic N) is 4. The Balaban J connectivity index is 2.12. The van der Waals surface area contributed by atoms with Crippen molar-refractivity contribution in [3.05, 3.63) is 23.3 Å². The van der Waals surface area contributed by atoms with Crippen LogP contribution in [0.15, 0.2) is 18.3 Å². The average Bonchev–Trinajstić information content (AvgIpc) is 2.30. The molecule has 1 aliphatic heterocycles. The van der Waals surface area contributed by atoms with E-state index in [1.807, 2.05) is 6.07 Å². The van der Waals surface area contributed by atoms with Crippen LogP contribution in [0.1, 0.15) is 0 Å². The third-order valence-electron chi connectivity index (χ3n) is 2.18. The summed E-state index contributed by atoms with van der Waals surface area (Å²) in [5.41, 5.74) is 0.474. The maximum absolute atomic E-state index is 8.49. The Hall–Kier alpha value is -1.67. The van der Waals surface area contributed by atoms with Gasteiger partial charge >= 0.3 is 5.69 Å². The first kappa shape index (κ1) is 8.91. The van der Waals surface area contributed by atoms with Crippen LogP contribution in [0.3, 0.4) is 0 Å². The molecule has 14 heavy (non-hydrogen) atoms. The molecule has 72 valence electrons. The van der Waals surface area contributed by atoms with Crippen LogP contribution < -0.4 is 4.90 Å². The van der Waals surface area contributed by atoms with Gasteiger partial charge in [-0.3, -0.25) is 0 Å². The smallest absolute Gasteiger partial charge is 0.378 e. The topological polar surface area (TPSA) is 53.5 Å². The molecule has 1 saturated heterocycles. The fraction of sp³-hybridized carbons (Fsp3) is 0.444. The molecule has 0 aromatic carbocycles. The fourth-order valence-electron chi connectivity index (χ4n) is 1.42. The summed E-state index contributed by atoms with van der Waals surface area (Å²) in [6.45, 7) is 3.22. The van der Waals surface area contributed by atoms with Gasteiger partial charge in [-0.2, -0.15) is 0 Å². The van der Waals surface area contributed by atoms with Crippen molar-refractivity contribution < 1.29 is 4.74 Å². The summed E-state index contributed by atoms with van der Waals surface area (Å²) in [4.78, 5) is 9.38. The highest BCUT2D eigenvalue weighted by Crippen LogP contribution is 2.16. The van der Waals surface area contributed by atoms with E-state index in [2.05, 4.69) is 14.9 Å². The van der Waals surface area contributed by atoms with Gasteiger partial charge in [0.2, 0.25) is 5.39 Å². The molecule has 0 unspecified atom stereocenters. The highest BCUT2D eigenvalue weighted by Gasteiger charge is 2.13. The van der Waals surface area contributed by atoms with Crippen molar-refractivity contribution in [3.8, 4) is 0 Å². The van der Waals surface area contributed by atoms with E-state index in [-0.39, 0.29) is 0 Å². The van der Waals surface area contributed by atoms with Crippen molar-refractivity contribution >= 4 is 11.5 Å². The van der Waals surface area contributed by atoms with Gasteiger partial charge in [0.15, 0.2) is 4.98 Å². The summed E-state index contributed by atoms with van der Waals surface area (Å²) < 4.78 is 5.24. The van der Waals surface area contributed by atoms with Crippen molar-refractivity contribution in [2.24, 2.45) is 0 Å². The second-order valence-corrected chi connectivity index (χ2v) is 3.07. The molecule has 0 bridgehead atoms. The van der Waals surface area contributed by atoms with Gasteiger partial charge in [0, 0.05) is 19.2 Å². The molecule has 2 heterocycles. The number of morpholine rings is 1. The molecule has 0 amide bonds. The summed E-state index contributed by atoms with van der Waals surface area (Å²) in [7, 11) is 0. The van der Waals surface area contributed by atoms with Gasteiger partial charge in [-0.05, 0) is 6.07 Å². The quantitative estimate of drug-likeness (QED) is 0.629. The van der Waals surface area contributed by atoms with E-state index in [9.17, 15) is 0 Å². The molecule has 0 saturated carbocycles. The van der Waals surface area contributed by atoms with Gasteiger partial charge < -0.3 is 9.64 Å². The number of diazo groups is 1. The van der Waals surface area contributed by atoms with Crippen LogP contribution in [0, 0.1) is 5.39 Å². The first-order valence-corrected chi connectivity index (χ1v) is 4.54. The van der Waals surface area contributed by atoms with Gasteiger partial charge in [-0.25, -0.2) is 4.98 Å². The lowest BCUT2D eigenvalue weighted by Gasteiger charge is -2.27. The number of hydrogen-bond acceptors (Lipinski definition) is 4. The molecule has 0 atom stereocenters. The number of ether oxygens (including phenoxy) is 1. The molecule has 1 fully saturated rings. The van der Waals surface area contributed by atoms with Crippen LogP contribution in [-0.2, 0) is 4.74 Å². The zero-order chi connectivity index (χ0) is 9.80. The Morgan fingerprint density at radius 2 is 2.14 bits per heavy atom. The van der Waals surface area contributed by atoms with Crippen LogP contribution in [0.2, 0.25) is 0 Å². The predicted octanol–water partition coefficient (Wildman–Crippen LogP) is 1.40. The monoisotopic (exact) mass is 191 g/mol. The Bertz CT molecular complexity index is 337. The molecule has 0 N–H and O–H groups in total. The molecular formula is C9H11N4O+. The SMILES string of the molecule is N#[N+]c1ccc(N2CCOCC2)nc1. The Kier molecular flexibility index (Phi) is 2.56. The van der Waals surface area contributed by atoms with Gasteiger partial charge in [-0.1, -0.05) is 0 Å². The molecule has 1 aromatic rings. The van der Waals surface area contributed by atoms with Crippen LogP contribution in [-0.4, -0.2) is 31.3 Å². The van der Waals surface area contributed by atoms with Crippen LogP contribution >= 0.6 is 0 Å². The number of hydrogen-bond donors (Lipinski definition) is 0. The lowest BCUT2D eigenvalue weighted by atomic mass is 10.3. The average molecular weight is 191 g/mol. The summed E-state index contributed by atoms with van der Waals surface area (Å²) >= 11 is 0. The van der Waals surface area contributed by atoms with Gasteiger partial charge in [0.25, 0.3) is 0 Å². The highest BCUT2D eigenvalue weighted by molar-refractivity contribution is 5.48. The molecule has 1 aliphatic rings. The molecule has 5 heteroatoms. The molecule has 1 aromatic heterocycles. The molecule has 0 aliphatic carbocycles. The van der Waals surface area contributed by atoms with Gasteiger partial charge in [-0.15, -0.1) is 0 Å². The van der Waals surface area contributed by atoms with Crippen molar-refractivity contribution in [2.75, 3.05) is 31.2 Å². The zero-order valence-electron chi connectivity index (χ0n) is 7.76. The fourth-order valence-corrected chi connectivity index (χ4v) is 1.42. The number of anilines is 1. The number of aromatic nitrogens is 1. The summed E-state index contributed by atoms with van der Waals surface area (Å²) in [5, 5.41) is 8.49. The minimum Gasteiger partial charge on any atom is -0.378 e. The Morgan fingerprint density at radius 3 is 2.71 bits per heavy atom. The van der Waals surface area contributed by atoms with E-state index >= 15 is 0 Å². The molecule has 2 rings (SSSR count). The van der Waals surface area contributed by atoms with Crippen molar-refractivity contribution in [1.82, 2.24) is 4.98 Å². The molecule has 0 radical (unpaired) electrons. The summed E-state index contributed by atoms with van der Waals surface area (Å²) in [5.74, 6) is 0.903. The second-order valence-electron chi connectivity index (χ2n) is 3.07. The number of rotatable bonds is 1. The van der Waals surface area contributed by atoms with E-state index in [0.29, 0.717) is 5.69 Å². The third-order valence-corrected chi connectivity index (χ3v) is 2.18. The molecule has 0 spiro atoms. The predicted molar refractivity (Wildman–Crippen MR) is 52.0 cm³/mol. The first-order valence-electron chi connectivity index (χ1n) is 4.54. The first-order chi connectivity index (χ1) is 6.90. The molecular weight excluding hydrogens is 180 g/mol. The van der Waals surface area contributed by atoms with Crippen molar-refractivity contribution in [1.29, 1.82) is 5.39 Å². The van der Waals surface area contributed by atoms with E-state index in [1.165, 1.54) is 0 Å². The van der Waals surface area contributed by atoms with Gasteiger partial charge in [0.1, 0.15) is 12.0 Å². The highest BCUT2D eigenvalue weighted by atomic mass is 16.5. The van der Waals surface area contributed by atoms with Crippen molar-refractivity contribution in [3.63, 3.8) is 0 Å². The van der Waals surface area contributed by atoms with E-state index in [4.69, 9.17) is 10.1 Å². The lowest BCUT2D eigenvalue weighted by Crippen LogP contribution is -2.36. The van der Waals surface area contributed by atoms with Crippen LogP contribution in [0.25, 0.3) is 4.98 Å². The number of pyridine rings is 1.